The summed E-state index contributed by atoms with van der Waals surface area (Å²) in [7, 11) is 0. The van der Waals surface area contributed by atoms with Crippen molar-refractivity contribution in [3.63, 3.8) is 0 Å². The van der Waals surface area contributed by atoms with Gasteiger partial charge in [0.05, 0.1) is 13.0 Å². The molecule has 1 aromatic rings. The molecule has 0 unspecified atom stereocenters. The summed E-state index contributed by atoms with van der Waals surface area (Å²) in [6.45, 7) is -0.487. The Morgan fingerprint density at radius 3 is 2.58 bits per heavy atom. The average Bonchev–Trinajstić information content (AvgIpc) is 2.06. The number of amides is 1. The van der Waals surface area contributed by atoms with Crippen LogP contribution in [0.4, 0.5) is 5.69 Å². The number of carbonyl (C=O) groups is 1. The smallest absolute Gasteiger partial charge is 0.230 e. The van der Waals surface area contributed by atoms with E-state index in [1.165, 1.54) is 0 Å². The summed E-state index contributed by atoms with van der Waals surface area (Å²) < 4.78 is 0. The van der Waals surface area contributed by atoms with Gasteiger partial charge in [-0.25, -0.2) is 5.11 Å². The van der Waals surface area contributed by atoms with Gasteiger partial charge in [-0.3, -0.25) is 4.79 Å². The van der Waals surface area contributed by atoms with Gasteiger partial charge >= 0.3 is 0 Å². The Hall–Kier alpha value is -1.35. The average molecular weight is 163 g/mol. The third kappa shape index (κ3) is 2.72. The molecule has 0 heterocycles. The molecule has 0 saturated carbocycles. The van der Waals surface area contributed by atoms with Crippen molar-refractivity contribution in [2.75, 3.05) is 11.9 Å². The van der Waals surface area contributed by atoms with Gasteiger partial charge < -0.3 is 5.32 Å². The van der Waals surface area contributed by atoms with Crippen LogP contribution in [0.25, 0.3) is 0 Å². The van der Waals surface area contributed by atoms with Crippen molar-refractivity contribution in [2.24, 2.45) is 0 Å². The van der Waals surface area contributed by atoms with Gasteiger partial charge in [0.15, 0.2) is 0 Å². The van der Waals surface area contributed by atoms with E-state index in [1.54, 1.807) is 12.1 Å². The maximum absolute atomic E-state index is 10.8. The van der Waals surface area contributed by atoms with Crippen LogP contribution < -0.4 is 5.32 Å². The number of hydrogen-bond donors (Lipinski definition) is 1. The van der Waals surface area contributed by atoms with Gasteiger partial charge in [0.25, 0.3) is 0 Å². The summed E-state index contributed by atoms with van der Waals surface area (Å²) in [5.74, 6) is -0.351. The maximum Gasteiger partial charge on any atom is 0.230 e. The molecule has 0 bridgehead atoms. The van der Waals surface area contributed by atoms with E-state index in [1.807, 2.05) is 18.2 Å². The van der Waals surface area contributed by atoms with Crippen LogP contribution in [0.1, 0.15) is 0 Å². The van der Waals surface area contributed by atoms with E-state index in [4.69, 9.17) is 0 Å². The van der Waals surface area contributed by atoms with Crippen LogP contribution in [0.3, 0.4) is 0 Å². The quantitative estimate of drug-likeness (QED) is 0.716. The van der Waals surface area contributed by atoms with Crippen LogP contribution in [-0.2, 0) is 9.90 Å². The number of hydrogen-bond acceptors (Lipinski definition) is 1. The Morgan fingerprint density at radius 1 is 1.33 bits per heavy atom. The molecule has 1 N–H and O–H groups in total. The van der Waals surface area contributed by atoms with Crippen molar-refractivity contribution >= 4 is 11.6 Å². The van der Waals surface area contributed by atoms with Gasteiger partial charge in [-0.1, -0.05) is 18.2 Å². The van der Waals surface area contributed by atoms with Crippen molar-refractivity contribution in [3.05, 3.63) is 36.8 Å². The summed E-state index contributed by atoms with van der Waals surface area (Å²) in [5.41, 5.74) is 0.701. The van der Waals surface area contributed by atoms with E-state index in [0.717, 1.165) is 6.42 Å². The lowest BCUT2D eigenvalue weighted by Gasteiger charge is -2.01. The third-order valence-corrected chi connectivity index (χ3v) is 1.31. The molecule has 0 aromatic heterocycles. The van der Waals surface area contributed by atoms with Crippen LogP contribution in [0.2, 0.25) is 0 Å². The minimum Gasteiger partial charge on any atom is -0.326 e. The fourth-order valence-electron chi connectivity index (χ4n) is 0.790. The van der Waals surface area contributed by atoms with E-state index < -0.39 is 6.61 Å². The molecule has 0 aliphatic rings. The first-order valence-corrected chi connectivity index (χ1v) is 3.60. The van der Waals surface area contributed by atoms with Crippen LogP contribution in [0, 0.1) is 6.42 Å². The van der Waals surface area contributed by atoms with Crippen LogP contribution >= 0.6 is 0 Å². The number of benzene rings is 1. The van der Waals surface area contributed by atoms with Gasteiger partial charge in [0, 0.05) is 5.69 Å². The Labute approximate surface area is 71.0 Å². The molecule has 0 atom stereocenters. The highest BCUT2D eigenvalue weighted by Crippen LogP contribution is 2.04. The molecular weight excluding hydrogens is 154 g/mol. The molecule has 1 aromatic carbocycles. The molecule has 3 heteroatoms. The second-order valence-electron chi connectivity index (χ2n) is 2.23. The predicted molar refractivity (Wildman–Crippen MR) is 44.9 cm³/mol. The topological polar surface area (TPSA) is 49.0 Å². The van der Waals surface area contributed by atoms with E-state index in [2.05, 4.69) is 5.32 Å². The molecule has 1 amide bonds. The summed E-state index contributed by atoms with van der Waals surface area (Å²) in [6.07, 6.45) is 1.06. The first-order chi connectivity index (χ1) is 5.83. The Balaban J connectivity index is 2.47. The predicted octanol–water partition coefficient (Wildman–Crippen LogP) is 1.26. The standard InChI is InChI=1S/C9H9NO2/c11-7-6-9(12)10-8-4-2-1-3-5-8/h1-6H,7H2,(H,10,12). The van der Waals surface area contributed by atoms with E-state index >= 15 is 0 Å². The molecule has 12 heavy (non-hydrogen) atoms. The van der Waals surface area contributed by atoms with Gasteiger partial charge in [-0.05, 0) is 12.1 Å². The maximum atomic E-state index is 10.8. The second kappa shape index (κ2) is 4.51. The molecule has 1 rings (SSSR count). The zero-order valence-corrected chi connectivity index (χ0v) is 6.49. The first-order valence-electron chi connectivity index (χ1n) is 3.60. The first kappa shape index (κ1) is 8.74. The zero-order valence-electron chi connectivity index (χ0n) is 6.49. The van der Waals surface area contributed by atoms with Gasteiger partial charge in [0.1, 0.15) is 0 Å². The molecule has 0 aliphatic carbocycles. The monoisotopic (exact) mass is 163 g/mol. The van der Waals surface area contributed by atoms with Gasteiger partial charge in [-0.15, -0.1) is 0 Å². The van der Waals surface area contributed by atoms with E-state index in [9.17, 15) is 9.90 Å². The van der Waals surface area contributed by atoms with Crippen molar-refractivity contribution < 1.29 is 9.90 Å². The summed E-state index contributed by atoms with van der Waals surface area (Å²) in [4.78, 5) is 10.8. The highest BCUT2D eigenvalue weighted by atomic mass is 16.3. The molecule has 0 saturated heterocycles. The molecule has 0 spiro atoms. The van der Waals surface area contributed by atoms with Crippen LogP contribution in [0.15, 0.2) is 30.3 Å². The molecular formula is C9H9NO2. The second-order valence-corrected chi connectivity index (χ2v) is 2.23. The van der Waals surface area contributed by atoms with Gasteiger partial charge in [-0.2, -0.15) is 0 Å². The number of anilines is 1. The molecule has 0 aliphatic heterocycles. The lowest BCUT2D eigenvalue weighted by Crippen LogP contribution is -2.12. The van der Waals surface area contributed by atoms with E-state index in [-0.39, 0.29) is 5.91 Å². The van der Waals surface area contributed by atoms with Crippen LogP contribution in [-0.4, -0.2) is 12.5 Å². The molecule has 2 radical (unpaired) electrons. The highest BCUT2D eigenvalue weighted by molar-refractivity contribution is 5.97. The highest BCUT2D eigenvalue weighted by Gasteiger charge is 1.99. The third-order valence-electron chi connectivity index (χ3n) is 1.31. The van der Waals surface area contributed by atoms with Crippen LogP contribution in [0.5, 0.6) is 0 Å². The van der Waals surface area contributed by atoms with Crippen molar-refractivity contribution in [1.29, 1.82) is 0 Å². The Morgan fingerprint density at radius 2 is 2.00 bits per heavy atom. The number of rotatable bonds is 3. The fraction of sp³-hybridized carbons (Fsp3) is 0.111. The number of carbonyl (C=O) groups excluding carboxylic acids is 1. The zero-order chi connectivity index (χ0) is 8.81. The van der Waals surface area contributed by atoms with Crippen molar-refractivity contribution in [1.82, 2.24) is 0 Å². The van der Waals surface area contributed by atoms with Crippen molar-refractivity contribution in [3.8, 4) is 0 Å². The van der Waals surface area contributed by atoms with E-state index in [0.29, 0.717) is 5.69 Å². The minimum atomic E-state index is -0.487. The Bertz CT molecular complexity index is 246. The lowest BCUT2D eigenvalue weighted by atomic mass is 10.3. The van der Waals surface area contributed by atoms with Crippen molar-refractivity contribution in [2.45, 2.75) is 0 Å². The molecule has 62 valence electrons. The number of nitrogens with one attached hydrogen (secondary N) is 1. The summed E-state index contributed by atoms with van der Waals surface area (Å²) in [6, 6.07) is 9.00. The molecule has 3 nitrogen and oxygen atoms in total. The van der Waals surface area contributed by atoms with Gasteiger partial charge in [0.2, 0.25) is 5.91 Å². The molecule has 0 fully saturated rings. The number of para-hydroxylation sites is 1. The summed E-state index contributed by atoms with van der Waals surface area (Å²) in [5, 5.41) is 12.6. The summed E-state index contributed by atoms with van der Waals surface area (Å²) >= 11 is 0. The largest absolute Gasteiger partial charge is 0.326 e. The lowest BCUT2D eigenvalue weighted by molar-refractivity contribution is -0.113. The Kier molecular flexibility index (Phi) is 3.29. The normalized spacial score (nSPS) is 9.42. The minimum absolute atomic E-state index is 0.351. The SMILES string of the molecule is [O]C[CH]C(=O)Nc1ccccc1. The fourth-order valence-corrected chi connectivity index (χ4v) is 0.790.